The van der Waals surface area contributed by atoms with E-state index in [4.69, 9.17) is 5.26 Å². The minimum Gasteiger partial charge on any atom is -0.338 e. The molecule has 25 heavy (non-hydrogen) atoms. The van der Waals surface area contributed by atoms with Crippen molar-refractivity contribution in [2.75, 3.05) is 13.1 Å². The summed E-state index contributed by atoms with van der Waals surface area (Å²) >= 11 is 0. The Hall–Kier alpha value is -2.87. The minimum absolute atomic E-state index is 0.141. The maximum absolute atomic E-state index is 12.8. The Morgan fingerprint density at radius 1 is 1.32 bits per heavy atom. The van der Waals surface area contributed by atoms with E-state index in [1.54, 1.807) is 0 Å². The van der Waals surface area contributed by atoms with Crippen molar-refractivity contribution in [1.82, 2.24) is 15.1 Å². The molecule has 0 aliphatic carbocycles. The lowest BCUT2D eigenvalue weighted by Crippen LogP contribution is -2.37. The molecule has 1 unspecified atom stereocenters. The topological polar surface area (TPSA) is 72.8 Å². The summed E-state index contributed by atoms with van der Waals surface area (Å²) in [6.07, 6.45) is 2.94. The van der Waals surface area contributed by atoms with Crippen LogP contribution in [0.15, 0.2) is 30.3 Å². The Morgan fingerprint density at radius 3 is 2.56 bits per heavy atom. The monoisotopic (exact) mass is 334 g/mol. The molecule has 1 aromatic heterocycles. The molecular formula is C20H22N4O. The number of aromatic amines is 1. The van der Waals surface area contributed by atoms with Crippen molar-refractivity contribution in [3.8, 4) is 6.07 Å². The molecule has 1 aliphatic rings. The van der Waals surface area contributed by atoms with Gasteiger partial charge < -0.3 is 4.90 Å². The summed E-state index contributed by atoms with van der Waals surface area (Å²) in [6.45, 7) is 7.17. The summed E-state index contributed by atoms with van der Waals surface area (Å²) in [6, 6.07) is 9.75. The molecule has 3 rings (SSSR count). The number of carbonyl (C=O) groups excluding carboxylic acids is 1. The van der Waals surface area contributed by atoms with Gasteiger partial charge in [-0.2, -0.15) is 10.4 Å². The van der Waals surface area contributed by atoms with Gasteiger partial charge in [0.25, 0.3) is 0 Å². The highest BCUT2D eigenvalue weighted by molar-refractivity contribution is 5.85. The fourth-order valence-corrected chi connectivity index (χ4v) is 3.49. The lowest BCUT2D eigenvalue weighted by Gasteiger charge is -2.29. The predicted octanol–water partition coefficient (Wildman–Crippen LogP) is 3.32. The fourth-order valence-electron chi connectivity index (χ4n) is 3.49. The number of rotatable bonds is 3. The number of hydrogen-bond acceptors (Lipinski definition) is 3. The van der Waals surface area contributed by atoms with Crippen LogP contribution in [-0.4, -0.2) is 34.1 Å². The molecule has 5 heteroatoms. The average Bonchev–Trinajstić information content (AvgIpc) is 2.99. The highest BCUT2D eigenvalue weighted by Crippen LogP contribution is 2.27. The highest BCUT2D eigenvalue weighted by Gasteiger charge is 2.27. The molecule has 1 aromatic carbocycles. The first kappa shape index (κ1) is 17.0. The smallest absolute Gasteiger partial charge is 0.230 e. The highest BCUT2D eigenvalue weighted by atomic mass is 16.2. The van der Waals surface area contributed by atoms with Gasteiger partial charge in [-0.05, 0) is 50.5 Å². The third-order valence-electron chi connectivity index (χ3n) is 4.89. The largest absolute Gasteiger partial charge is 0.338 e. The van der Waals surface area contributed by atoms with Gasteiger partial charge in [0.15, 0.2) is 0 Å². The number of H-pyrrole nitrogens is 1. The summed E-state index contributed by atoms with van der Waals surface area (Å²) in [4.78, 5) is 14.8. The van der Waals surface area contributed by atoms with E-state index >= 15 is 0 Å². The van der Waals surface area contributed by atoms with Crippen LogP contribution in [0.4, 0.5) is 0 Å². The van der Waals surface area contributed by atoms with E-state index in [1.165, 1.54) is 5.57 Å². The zero-order valence-electron chi connectivity index (χ0n) is 14.8. The first-order valence-corrected chi connectivity index (χ1v) is 8.51. The van der Waals surface area contributed by atoms with Crippen molar-refractivity contribution < 1.29 is 4.79 Å². The van der Waals surface area contributed by atoms with Gasteiger partial charge in [-0.15, -0.1) is 0 Å². The summed E-state index contributed by atoms with van der Waals surface area (Å²) < 4.78 is 0. The maximum Gasteiger partial charge on any atom is 0.230 e. The van der Waals surface area contributed by atoms with Gasteiger partial charge in [-0.1, -0.05) is 18.2 Å². The van der Waals surface area contributed by atoms with Crippen molar-refractivity contribution in [2.45, 2.75) is 33.1 Å². The number of benzene rings is 1. The molecule has 0 spiro atoms. The van der Waals surface area contributed by atoms with Gasteiger partial charge in [0, 0.05) is 24.3 Å². The Balaban J connectivity index is 1.71. The molecular weight excluding hydrogens is 312 g/mol. The van der Waals surface area contributed by atoms with Crippen molar-refractivity contribution in [3.63, 3.8) is 0 Å². The van der Waals surface area contributed by atoms with E-state index in [1.807, 2.05) is 49.9 Å². The van der Waals surface area contributed by atoms with Crippen LogP contribution in [0.25, 0.3) is 5.57 Å². The quantitative estimate of drug-likeness (QED) is 0.936. The van der Waals surface area contributed by atoms with Crippen molar-refractivity contribution in [2.24, 2.45) is 0 Å². The number of nitriles is 1. The van der Waals surface area contributed by atoms with Crippen LogP contribution >= 0.6 is 0 Å². The van der Waals surface area contributed by atoms with Crippen LogP contribution in [-0.2, 0) is 4.79 Å². The Labute approximate surface area is 148 Å². The predicted molar refractivity (Wildman–Crippen MR) is 96.8 cm³/mol. The molecule has 0 bridgehead atoms. The minimum atomic E-state index is -0.191. The Kier molecular flexibility index (Phi) is 4.71. The molecule has 0 radical (unpaired) electrons. The van der Waals surface area contributed by atoms with Crippen molar-refractivity contribution in [1.29, 1.82) is 5.26 Å². The first-order valence-electron chi connectivity index (χ1n) is 8.51. The standard InChI is InChI=1S/C20H22N4O/c1-13(19-14(2)22-23-15(19)3)20(25)24-10-8-18(9-11-24)17-6-4-16(12-21)5-7-17/h4-8,13H,9-11H2,1-3H3,(H,22,23). The van der Waals surface area contributed by atoms with Crippen LogP contribution in [0, 0.1) is 25.2 Å². The summed E-state index contributed by atoms with van der Waals surface area (Å²) in [7, 11) is 0. The maximum atomic E-state index is 12.8. The number of nitrogens with one attached hydrogen (secondary N) is 1. The molecule has 0 saturated carbocycles. The zero-order valence-corrected chi connectivity index (χ0v) is 14.8. The van der Waals surface area contributed by atoms with Gasteiger partial charge in [0.2, 0.25) is 5.91 Å². The van der Waals surface area contributed by atoms with E-state index in [0.29, 0.717) is 18.7 Å². The molecule has 1 N–H and O–H groups in total. The first-order chi connectivity index (χ1) is 12.0. The molecule has 1 amide bonds. The lowest BCUT2D eigenvalue weighted by molar-refractivity contribution is -0.132. The second-order valence-corrected chi connectivity index (χ2v) is 6.52. The molecule has 1 atom stereocenters. The van der Waals surface area contributed by atoms with E-state index < -0.39 is 0 Å². The molecule has 5 nitrogen and oxygen atoms in total. The zero-order chi connectivity index (χ0) is 18.0. The Bertz CT molecular complexity index is 835. The van der Waals surface area contributed by atoms with Crippen molar-refractivity contribution >= 4 is 11.5 Å². The van der Waals surface area contributed by atoms with Crippen LogP contribution in [0.5, 0.6) is 0 Å². The molecule has 2 heterocycles. The lowest BCUT2D eigenvalue weighted by atomic mass is 9.95. The van der Waals surface area contributed by atoms with Gasteiger partial charge in [-0.3, -0.25) is 9.89 Å². The number of nitrogens with zero attached hydrogens (tertiary/aromatic N) is 3. The summed E-state index contributed by atoms with van der Waals surface area (Å²) in [5, 5.41) is 16.0. The number of carbonyl (C=O) groups is 1. The van der Waals surface area contributed by atoms with E-state index in [-0.39, 0.29) is 11.8 Å². The van der Waals surface area contributed by atoms with Gasteiger partial charge in [-0.25, -0.2) is 0 Å². The number of hydrogen-bond donors (Lipinski definition) is 1. The van der Waals surface area contributed by atoms with Gasteiger partial charge in [0.1, 0.15) is 0 Å². The molecule has 1 aliphatic heterocycles. The van der Waals surface area contributed by atoms with Gasteiger partial charge in [0.05, 0.1) is 23.2 Å². The SMILES string of the molecule is Cc1n[nH]c(C)c1C(C)C(=O)N1CC=C(c2ccc(C#N)cc2)CC1. The van der Waals surface area contributed by atoms with Crippen LogP contribution < -0.4 is 0 Å². The molecule has 2 aromatic rings. The molecule has 128 valence electrons. The third-order valence-corrected chi connectivity index (χ3v) is 4.89. The van der Waals surface area contributed by atoms with Crippen LogP contribution in [0.1, 0.15) is 47.3 Å². The molecule has 0 saturated heterocycles. The van der Waals surface area contributed by atoms with Gasteiger partial charge >= 0.3 is 0 Å². The second kappa shape index (κ2) is 6.94. The molecule has 0 fully saturated rings. The van der Waals surface area contributed by atoms with Crippen molar-refractivity contribution in [3.05, 3.63) is 58.4 Å². The normalized spacial score (nSPS) is 15.4. The summed E-state index contributed by atoms with van der Waals surface area (Å²) in [5.74, 6) is -0.0497. The van der Waals surface area contributed by atoms with E-state index in [9.17, 15) is 4.79 Å². The van der Waals surface area contributed by atoms with Crippen LogP contribution in [0.3, 0.4) is 0 Å². The number of amides is 1. The fraction of sp³-hybridized carbons (Fsp3) is 0.350. The summed E-state index contributed by atoms with van der Waals surface area (Å²) in [5.41, 5.74) is 5.88. The number of aryl methyl sites for hydroxylation is 2. The number of aromatic nitrogens is 2. The average molecular weight is 334 g/mol. The Morgan fingerprint density at radius 2 is 2.04 bits per heavy atom. The van der Waals surface area contributed by atoms with E-state index in [0.717, 1.165) is 28.9 Å². The third kappa shape index (κ3) is 3.34. The van der Waals surface area contributed by atoms with E-state index in [2.05, 4.69) is 22.3 Å². The van der Waals surface area contributed by atoms with Crippen LogP contribution in [0.2, 0.25) is 0 Å². The second-order valence-electron chi connectivity index (χ2n) is 6.52.